The highest BCUT2D eigenvalue weighted by Crippen LogP contribution is 2.43. The third-order valence-electron chi connectivity index (χ3n) is 6.19. The van der Waals surface area contributed by atoms with E-state index in [0.717, 1.165) is 53.5 Å². The van der Waals surface area contributed by atoms with Gasteiger partial charge >= 0.3 is 0 Å². The molecular formula is C24H25F3N4O2. The van der Waals surface area contributed by atoms with Gasteiger partial charge in [0.2, 0.25) is 0 Å². The van der Waals surface area contributed by atoms with Gasteiger partial charge in [0.15, 0.2) is 0 Å². The van der Waals surface area contributed by atoms with E-state index in [1.807, 2.05) is 6.07 Å². The van der Waals surface area contributed by atoms with Gasteiger partial charge < -0.3 is 19.7 Å². The van der Waals surface area contributed by atoms with Gasteiger partial charge in [0.25, 0.3) is 6.43 Å². The summed E-state index contributed by atoms with van der Waals surface area (Å²) < 4.78 is 52.7. The van der Waals surface area contributed by atoms with Crippen molar-refractivity contribution in [3.8, 4) is 5.75 Å². The van der Waals surface area contributed by atoms with Crippen LogP contribution in [0.4, 0.5) is 24.7 Å². The Balaban J connectivity index is 1.59. The van der Waals surface area contributed by atoms with Crippen LogP contribution >= 0.6 is 0 Å². The molecule has 3 aromatic rings. The highest BCUT2D eigenvalue weighted by molar-refractivity contribution is 5.97. The molecule has 1 atom stereocenters. The third-order valence-corrected chi connectivity index (χ3v) is 6.19. The molecule has 0 bridgehead atoms. The van der Waals surface area contributed by atoms with Crippen LogP contribution in [0.25, 0.3) is 10.9 Å². The molecule has 1 fully saturated rings. The van der Waals surface area contributed by atoms with E-state index in [4.69, 9.17) is 9.47 Å². The Bertz CT molecular complexity index is 1200. The number of aromatic nitrogens is 2. The number of nitrogens with zero attached hydrogens (tertiary/aromatic N) is 3. The maximum atomic E-state index is 14.8. The predicted octanol–water partition coefficient (Wildman–Crippen LogP) is 4.96. The number of ether oxygens (including phenoxy) is 2. The Labute approximate surface area is 189 Å². The molecule has 2 aliphatic rings. The molecule has 0 unspecified atom stereocenters. The minimum Gasteiger partial charge on any atom is -0.491 e. The number of morpholine rings is 1. The van der Waals surface area contributed by atoms with Crippen molar-refractivity contribution in [1.82, 2.24) is 9.97 Å². The van der Waals surface area contributed by atoms with E-state index < -0.39 is 23.8 Å². The minimum atomic E-state index is -2.88. The first-order valence-electron chi connectivity index (χ1n) is 11.1. The second-order valence-electron chi connectivity index (χ2n) is 8.33. The summed E-state index contributed by atoms with van der Waals surface area (Å²) in [6.07, 6.45) is -2.14. The number of nitrogens with one attached hydrogen (secondary N) is 1. The summed E-state index contributed by atoms with van der Waals surface area (Å²) in [6, 6.07) is 5.49. The van der Waals surface area contributed by atoms with Crippen molar-refractivity contribution in [2.75, 3.05) is 43.1 Å². The van der Waals surface area contributed by atoms with Crippen LogP contribution in [0.3, 0.4) is 0 Å². The first-order valence-corrected chi connectivity index (χ1v) is 11.1. The number of rotatable bonds is 5. The number of benzene rings is 2. The van der Waals surface area contributed by atoms with Gasteiger partial charge in [-0.3, -0.25) is 0 Å². The van der Waals surface area contributed by atoms with Crippen LogP contribution in [-0.4, -0.2) is 42.9 Å². The lowest BCUT2D eigenvalue weighted by Gasteiger charge is -2.30. The number of hydrogen-bond acceptors (Lipinski definition) is 6. The van der Waals surface area contributed by atoms with Gasteiger partial charge in [-0.15, -0.1) is 0 Å². The number of hydrogen-bond donors (Lipinski definition) is 1. The van der Waals surface area contributed by atoms with Gasteiger partial charge in [-0.1, -0.05) is 18.2 Å². The average Bonchev–Trinajstić information content (AvgIpc) is 3.29. The lowest BCUT2D eigenvalue weighted by atomic mass is 10.0. The maximum absolute atomic E-state index is 14.8. The van der Waals surface area contributed by atoms with E-state index in [0.29, 0.717) is 31.5 Å². The normalized spacial score (nSPS) is 16.7. The second-order valence-corrected chi connectivity index (χ2v) is 8.33. The van der Waals surface area contributed by atoms with Crippen LogP contribution in [0.1, 0.15) is 41.9 Å². The molecule has 6 nitrogen and oxygen atoms in total. The summed E-state index contributed by atoms with van der Waals surface area (Å²) >= 11 is 0. The van der Waals surface area contributed by atoms with Crippen LogP contribution in [0.2, 0.25) is 0 Å². The number of anilines is 2. The summed E-state index contributed by atoms with van der Waals surface area (Å²) in [7, 11) is 0. The van der Waals surface area contributed by atoms with Crippen LogP contribution in [0, 0.1) is 12.7 Å². The highest BCUT2D eigenvalue weighted by Gasteiger charge is 2.27. The number of aryl methyl sites for hydroxylation is 1. The summed E-state index contributed by atoms with van der Waals surface area (Å²) in [6.45, 7) is 6.89. The van der Waals surface area contributed by atoms with Crippen molar-refractivity contribution in [2.45, 2.75) is 32.7 Å². The third kappa shape index (κ3) is 3.94. The van der Waals surface area contributed by atoms with Gasteiger partial charge in [-0.2, -0.15) is 0 Å². The van der Waals surface area contributed by atoms with Crippen LogP contribution in [-0.2, 0) is 11.2 Å². The Kier molecular flexibility index (Phi) is 5.74. The SMILES string of the molecule is Cc1nc(N[C@H](C)c2cccc(C(F)F)c2F)c2cc(N3CCOCC3)c3c(c2n1)CCO3. The van der Waals surface area contributed by atoms with Gasteiger partial charge in [-0.05, 0) is 19.9 Å². The molecule has 9 heteroatoms. The Hall–Kier alpha value is -3.07. The fourth-order valence-corrected chi connectivity index (χ4v) is 4.56. The van der Waals surface area contributed by atoms with Crippen molar-refractivity contribution < 1.29 is 22.6 Å². The number of fused-ring (bicyclic) bond motifs is 3. The molecule has 2 aliphatic heterocycles. The van der Waals surface area contributed by atoms with Gasteiger partial charge in [-0.25, -0.2) is 23.1 Å². The molecule has 0 aliphatic carbocycles. The molecule has 1 saturated heterocycles. The largest absolute Gasteiger partial charge is 0.491 e. The van der Waals surface area contributed by atoms with Gasteiger partial charge in [0, 0.05) is 36.0 Å². The molecule has 0 spiro atoms. The Morgan fingerprint density at radius 2 is 1.85 bits per heavy atom. The van der Waals surface area contributed by atoms with Crippen LogP contribution in [0.5, 0.6) is 5.75 Å². The fourth-order valence-electron chi connectivity index (χ4n) is 4.56. The molecule has 174 valence electrons. The standard InChI is InChI=1S/C24H25F3N4O2/c1-13(15-4-3-5-16(20(15)25)23(26)27)28-24-18-12-19(31-7-10-32-11-8-31)22-17(6-9-33-22)21(18)29-14(2)30-24/h3-5,12-13,23H,6-11H2,1-2H3,(H,28,29,30)/t13-/m1/s1. The minimum absolute atomic E-state index is 0.162. The molecule has 5 rings (SSSR count). The molecule has 33 heavy (non-hydrogen) atoms. The monoisotopic (exact) mass is 458 g/mol. The van der Waals surface area contributed by atoms with Crippen LogP contribution < -0.4 is 15.0 Å². The molecule has 0 saturated carbocycles. The van der Waals surface area contributed by atoms with Crippen molar-refractivity contribution in [3.05, 3.63) is 52.6 Å². The topological polar surface area (TPSA) is 59.5 Å². The molecule has 0 amide bonds. The zero-order chi connectivity index (χ0) is 23.1. The number of alkyl halides is 2. The van der Waals surface area contributed by atoms with Crippen molar-refractivity contribution in [2.24, 2.45) is 0 Å². The van der Waals surface area contributed by atoms with Crippen molar-refractivity contribution in [1.29, 1.82) is 0 Å². The lowest BCUT2D eigenvalue weighted by Crippen LogP contribution is -2.36. The van der Waals surface area contributed by atoms with Crippen molar-refractivity contribution in [3.63, 3.8) is 0 Å². The first kappa shape index (κ1) is 21.8. The zero-order valence-corrected chi connectivity index (χ0v) is 18.5. The molecule has 2 aromatic carbocycles. The predicted molar refractivity (Wildman–Crippen MR) is 120 cm³/mol. The number of halogens is 3. The molecule has 0 radical (unpaired) electrons. The van der Waals surface area contributed by atoms with E-state index in [9.17, 15) is 13.2 Å². The molecule has 1 aromatic heterocycles. The zero-order valence-electron chi connectivity index (χ0n) is 18.5. The average molecular weight is 458 g/mol. The molecular weight excluding hydrogens is 433 g/mol. The summed E-state index contributed by atoms with van der Waals surface area (Å²) in [4.78, 5) is 11.5. The van der Waals surface area contributed by atoms with E-state index in [1.54, 1.807) is 13.8 Å². The van der Waals surface area contributed by atoms with E-state index in [2.05, 4.69) is 20.2 Å². The van der Waals surface area contributed by atoms with Crippen molar-refractivity contribution >= 4 is 22.4 Å². The van der Waals surface area contributed by atoms with E-state index in [-0.39, 0.29) is 5.56 Å². The maximum Gasteiger partial charge on any atom is 0.266 e. The molecule has 3 heterocycles. The Morgan fingerprint density at radius 1 is 1.09 bits per heavy atom. The van der Waals surface area contributed by atoms with E-state index in [1.165, 1.54) is 12.1 Å². The van der Waals surface area contributed by atoms with E-state index >= 15 is 0 Å². The van der Waals surface area contributed by atoms with Crippen LogP contribution in [0.15, 0.2) is 24.3 Å². The summed E-state index contributed by atoms with van der Waals surface area (Å²) in [5.74, 6) is 1.05. The Morgan fingerprint density at radius 3 is 2.61 bits per heavy atom. The first-order chi connectivity index (χ1) is 15.9. The second kappa shape index (κ2) is 8.70. The molecule has 1 N–H and O–H groups in total. The summed E-state index contributed by atoms with van der Waals surface area (Å²) in [5.41, 5.74) is 2.35. The fraction of sp³-hybridized carbons (Fsp3) is 0.417. The summed E-state index contributed by atoms with van der Waals surface area (Å²) in [5, 5.41) is 4.05. The quantitative estimate of drug-likeness (QED) is 0.583. The van der Waals surface area contributed by atoms with Gasteiger partial charge in [0.1, 0.15) is 23.2 Å². The smallest absolute Gasteiger partial charge is 0.266 e. The van der Waals surface area contributed by atoms with Gasteiger partial charge in [0.05, 0.1) is 42.6 Å². The lowest BCUT2D eigenvalue weighted by molar-refractivity contribution is 0.122. The highest BCUT2D eigenvalue weighted by atomic mass is 19.3.